The van der Waals surface area contributed by atoms with Crippen molar-refractivity contribution in [2.75, 3.05) is 0 Å². The first-order valence-electron chi connectivity index (χ1n) is 2.22. The first kappa shape index (κ1) is 5.17. The third kappa shape index (κ3) is 0.812. The lowest BCUT2D eigenvalue weighted by Crippen LogP contribution is -1.92. The number of aromatic nitrogens is 4. The molecule has 1 heterocycles. The van der Waals surface area contributed by atoms with Crippen molar-refractivity contribution < 1.29 is 5.11 Å². The van der Waals surface area contributed by atoms with E-state index in [1.165, 1.54) is 0 Å². The van der Waals surface area contributed by atoms with Crippen LogP contribution in [0.4, 0.5) is 0 Å². The summed E-state index contributed by atoms with van der Waals surface area (Å²) in [6.45, 7) is 1.57. The fourth-order valence-electron chi connectivity index (χ4n) is 0.347. The van der Waals surface area contributed by atoms with Crippen molar-refractivity contribution >= 4 is 0 Å². The van der Waals surface area contributed by atoms with E-state index in [9.17, 15) is 0 Å². The van der Waals surface area contributed by atoms with E-state index in [1.807, 2.05) is 0 Å². The van der Waals surface area contributed by atoms with Crippen LogP contribution in [0, 0.1) is 0 Å². The fourth-order valence-corrected chi connectivity index (χ4v) is 0.347. The third-order valence-corrected chi connectivity index (χ3v) is 0.735. The zero-order valence-electron chi connectivity index (χ0n) is 4.37. The zero-order chi connectivity index (χ0) is 5.98. The number of aromatic amines is 1. The predicted octanol–water partition coefficient (Wildman–Crippen LogP) is -0.747. The second kappa shape index (κ2) is 1.87. The second-order valence-electron chi connectivity index (χ2n) is 1.45. The van der Waals surface area contributed by atoms with Crippen molar-refractivity contribution in [1.29, 1.82) is 0 Å². The van der Waals surface area contributed by atoms with E-state index >= 15 is 0 Å². The zero-order valence-corrected chi connectivity index (χ0v) is 4.37. The van der Waals surface area contributed by atoms with Crippen LogP contribution in [0.1, 0.15) is 18.9 Å². The molecule has 0 aliphatic rings. The van der Waals surface area contributed by atoms with Crippen LogP contribution < -0.4 is 0 Å². The lowest BCUT2D eigenvalue weighted by atomic mass is 10.4. The Labute approximate surface area is 45.7 Å². The molecule has 1 aromatic heterocycles. The van der Waals surface area contributed by atoms with Crippen LogP contribution in [0.25, 0.3) is 0 Å². The van der Waals surface area contributed by atoms with E-state index in [0.717, 1.165) is 0 Å². The van der Waals surface area contributed by atoms with Gasteiger partial charge in [-0.2, -0.15) is 5.21 Å². The smallest absolute Gasteiger partial charge is 0.202 e. The highest BCUT2D eigenvalue weighted by Gasteiger charge is 2.02. The maximum absolute atomic E-state index is 8.73. The Morgan fingerprint density at radius 3 is 2.75 bits per heavy atom. The van der Waals surface area contributed by atoms with E-state index in [-0.39, 0.29) is 0 Å². The minimum atomic E-state index is -0.631. The maximum Gasteiger partial charge on any atom is 0.202 e. The van der Waals surface area contributed by atoms with E-state index in [1.54, 1.807) is 6.92 Å². The molecule has 44 valence electrons. The number of H-pyrrole nitrogens is 1. The highest BCUT2D eigenvalue weighted by Crippen LogP contribution is 1.99. The van der Waals surface area contributed by atoms with Crippen molar-refractivity contribution in [2.45, 2.75) is 13.0 Å². The molecule has 0 spiro atoms. The molecule has 1 atom stereocenters. The van der Waals surface area contributed by atoms with Crippen molar-refractivity contribution in [2.24, 2.45) is 0 Å². The monoisotopic (exact) mass is 114 g/mol. The van der Waals surface area contributed by atoms with Gasteiger partial charge in [-0.05, 0) is 6.92 Å². The summed E-state index contributed by atoms with van der Waals surface area (Å²) in [7, 11) is 0. The molecule has 0 aromatic carbocycles. The Hall–Kier alpha value is -0.970. The Kier molecular flexibility index (Phi) is 1.21. The molecule has 0 fully saturated rings. The summed E-state index contributed by atoms with van der Waals surface area (Å²) in [5.41, 5.74) is 0. The molecule has 2 N–H and O–H groups in total. The van der Waals surface area contributed by atoms with E-state index < -0.39 is 6.10 Å². The van der Waals surface area contributed by atoms with Gasteiger partial charge in [-0.3, -0.25) is 0 Å². The summed E-state index contributed by atoms with van der Waals surface area (Å²) >= 11 is 0. The Bertz CT molecular complexity index is 146. The van der Waals surface area contributed by atoms with Gasteiger partial charge in [0, 0.05) is 0 Å². The number of hydrogen-bond acceptors (Lipinski definition) is 4. The quantitative estimate of drug-likeness (QED) is 0.504. The van der Waals surface area contributed by atoms with Gasteiger partial charge in [0.05, 0.1) is 0 Å². The van der Waals surface area contributed by atoms with Gasteiger partial charge < -0.3 is 5.11 Å². The van der Waals surface area contributed by atoms with Crippen molar-refractivity contribution in [3.63, 3.8) is 0 Å². The van der Waals surface area contributed by atoms with Gasteiger partial charge in [0.2, 0.25) is 5.82 Å². The van der Waals surface area contributed by atoms with Gasteiger partial charge in [-0.25, -0.2) is 0 Å². The highest BCUT2D eigenvalue weighted by molar-refractivity contribution is 4.78. The van der Waals surface area contributed by atoms with Crippen LogP contribution >= 0.6 is 0 Å². The minimum absolute atomic E-state index is 0.324. The molecule has 0 radical (unpaired) electrons. The molecule has 5 nitrogen and oxygen atoms in total. The predicted molar refractivity (Wildman–Crippen MR) is 24.8 cm³/mol. The number of tetrazole rings is 1. The molecule has 0 amide bonds. The summed E-state index contributed by atoms with van der Waals surface area (Å²) in [5, 5.41) is 21.2. The number of hydrogen-bond donors (Lipinski definition) is 2. The molecule has 0 saturated heterocycles. The van der Waals surface area contributed by atoms with Crippen molar-refractivity contribution in [3.05, 3.63) is 5.82 Å². The van der Waals surface area contributed by atoms with Gasteiger partial charge in [0.15, 0.2) is 0 Å². The maximum atomic E-state index is 8.73. The molecule has 5 heteroatoms. The first-order valence-corrected chi connectivity index (χ1v) is 2.22. The van der Waals surface area contributed by atoms with E-state index in [2.05, 4.69) is 20.6 Å². The van der Waals surface area contributed by atoms with Gasteiger partial charge >= 0.3 is 0 Å². The topological polar surface area (TPSA) is 74.7 Å². The minimum Gasteiger partial charge on any atom is -0.385 e. The van der Waals surface area contributed by atoms with Crippen molar-refractivity contribution in [1.82, 2.24) is 20.6 Å². The lowest BCUT2D eigenvalue weighted by molar-refractivity contribution is 0.189. The summed E-state index contributed by atoms with van der Waals surface area (Å²) in [6.07, 6.45) is -0.631. The second-order valence-corrected chi connectivity index (χ2v) is 1.45. The number of nitrogens with zero attached hydrogens (tertiary/aromatic N) is 3. The van der Waals surface area contributed by atoms with Gasteiger partial charge in [-0.15, -0.1) is 10.2 Å². The standard InChI is InChI=1S/C3H6N4O/c1-2(8)3-4-6-7-5-3/h2,8H,1H3,(H,4,5,6,7)/t2-/m0/s1. The molecule has 1 aromatic rings. The fraction of sp³-hybridized carbons (Fsp3) is 0.667. The largest absolute Gasteiger partial charge is 0.385 e. The molecular formula is C3H6N4O. The normalized spacial score (nSPS) is 13.8. The first-order chi connectivity index (χ1) is 3.80. The van der Waals surface area contributed by atoms with Gasteiger partial charge in [0.25, 0.3) is 0 Å². The van der Waals surface area contributed by atoms with Crippen molar-refractivity contribution in [3.8, 4) is 0 Å². The average molecular weight is 114 g/mol. The molecular weight excluding hydrogens is 108 g/mol. The van der Waals surface area contributed by atoms with Crippen LogP contribution in [0.3, 0.4) is 0 Å². The summed E-state index contributed by atoms with van der Waals surface area (Å²) in [4.78, 5) is 0. The van der Waals surface area contributed by atoms with Crippen LogP contribution in [-0.2, 0) is 0 Å². The molecule has 0 aliphatic carbocycles. The Morgan fingerprint density at radius 1 is 1.75 bits per heavy atom. The summed E-state index contributed by atoms with van der Waals surface area (Å²) in [5.74, 6) is 0.324. The number of rotatable bonds is 1. The highest BCUT2D eigenvalue weighted by atomic mass is 16.3. The van der Waals surface area contributed by atoms with E-state index in [0.29, 0.717) is 5.82 Å². The van der Waals surface area contributed by atoms with Crippen LogP contribution in [-0.4, -0.2) is 25.7 Å². The number of aliphatic hydroxyl groups excluding tert-OH is 1. The molecule has 0 aliphatic heterocycles. The molecule has 0 saturated carbocycles. The third-order valence-electron chi connectivity index (χ3n) is 0.735. The lowest BCUT2D eigenvalue weighted by Gasteiger charge is -1.90. The molecule has 1 rings (SSSR count). The number of aliphatic hydroxyl groups is 1. The molecule has 0 bridgehead atoms. The average Bonchev–Trinajstić information content (AvgIpc) is 2.12. The molecule has 0 unspecified atom stereocenters. The van der Waals surface area contributed by atoms with E-state index in [4.69, 9.17) is 5.11 Å². The summed E-state index contributed by atoms with van der Waals surface area (Å²) < 4.78 is 0. The molecule has 8 heavy (non-hydrogen) atoms. The van der Waals surface area contributed by atoms with Gasteiger partial charge in [-0.1, -0.05) is 5.21 Å². The van der Waals surface area contributed by atoms with Crippen LogP contribution in [0.5, 0.6) is 0 Å². The number of nitrogens with one attached hydrogen (secondary N) is 1. The van der Waals surface area contributed by atoms with Gasteiger partial charge in [0.1, 0.15) is 6.10 Å². The summed E-state index contributed by atoms with van der Waals surface area (Å²) in [6, 6.07) is 0. The Morgan fingerprint density at radius 2 is 2.50 bits per heavy atom. The SMILES string of the molecule is C[C@H](O)c1nn[nH]n1. The van der Waals surface area contributed by atoms with Crippen LogP contribution in [0.2, 0.25) is 0 Å². The Balaban J connectivity index is 2.77. The van der Waals surface area contributed by atoms with Crippen LogP contribution in [0.15, 0.2) is 0 Å².